The lowest BCUT2D eigenvalue weighted by atomic mass is 10.2. The Balaban J connectivity index is 1.83. The van der Waals surface area contributed by atoms with E-state index in [0.29, 0.717) is 0 Å². The van der Waals surface area contributed by atoms with E-state index in [4.69, 9.17) is 4.74 Å². The summed E-state index contributed by atoms with van der Waals surface area (Å²) in [4.78, 5) is 2.29. The molecule has 0 aromatic heterocycles. The number of likely N-dealkylation sites (N-methyl/N-ethyl adjacent to an activating group) is 1. The lowest BCUT2D eigenvalue weighted by Gasteiger charge is -2.14. The molecule has 0 bridgehead atoms. The van der Waals surface area contributed by atoms with Crippen molar-refractivity contribution in [3.63, 3.8) is 0 Å². The van der Waals surface area contributed by atoms with E-state index in [1.807, 2.05) is 42.5 Å². The van der Waals surface area contributed by atoms with Gasteiger partial charge in [0.15, 0.2) is 0 Å². The van der Waals surface area contributed by atoms with Gasteiger partial charge in [-0.3, -0.25) is 0 Å². The number of nitrogens with one attached hydrogen (secondary N) is 1. The van der Waals surface area contributed by atoms with Crippen molar-refractivity contribution in [2.24, 2.45) is 0 Å². The van der Waals surface area contributed by atoms with Gasteiger partial charge in [0, 0.05) is 19.6 Å². The summed E-state index contributed by atoms with van der Waals surface area (Å²) in [7, 11) is 2.13. The first-order valence-corrected chi connectivity index (χ1v) is 7.49. The van der Waals surface area contributed by atoms with Crippen molar-refractivity contribution in [1.29, 1.82) is 0 Å². The van der Waals surface area contributed by atoms with Gasteiger partial charge in [0.05, 0.1) is 0 Å². The van der Waals surface area contributed by atoms with Gasteiger partial charge in [0.25, 0.3) is 0 Å². The van der Waals surface area contributed by atoms with E-state index in [-0.39, 0.29) is 0 Å². The van der Waals surface area contributed by atoms with Gasteiger partial charge >= 0.3 is 0 Å². The molecular formula is C18H24N2O. The summed E-state index contributed by atoms with van der Waals surface area (Å²) in [5.74, 6) is 1.75. The minimum Gasteiger partial charge on any atom is -0.457 e. The van der Waals surface area contributed by atoms with Gasteiger partial charge in [-0.05, 0) is 43.4 Å². The molecule has 2 rings (SSSR count). The number of nitrogens with zero attached hydrogens (tertiary/aromatic N) is 1. The Morgan fingerprint density at radius 3 is 2.52 bits per heavy atom. The van der Waals surface area contributed by atoms with Crippen LogP contribution in [-0.2, 0) is 6.54 Å². The molecule has 0 atom stereocenters. The van der Waals surface area contributed by atoms with Crippen molar-refractivity contribution in [2.75, 3.05) is 26.7 Å². The molecule has 3 nitrogen and oxygen atoms in total. The van der Waals surface area contributed by atoms with Gasteiger partial charge in [-0.2, -0.15) is 0 Å². The zero-order chi connectivity index (χ0) is 14.9. The van der Waals surface area contributed by atoms with Gasteiger partial charge in [-0.15, -0.1) is 0 Å². The van der Waals surface area contributed by atoms with Crippen LogP contribution >= 0.6 is 0 Å². The third-order valence-electron chi connectivity index (χ3n) is 3.42. The highest BCUT2D eigenvalue weighted by molar-refractivity contribution is 5.33. The number of rotatable bonds is 8. The zero-order valence-corrected chi connectivity index (χ0v) is 12.9. The Bertz CT molecular complexity index is 528. The lowest BCUT2D eigenvalue weighted by molar-refractivity contribution is 0.349. The molecule has 1 N–H and O–H groups in total. The summed E-state index contributed by atoms with van der Waals surface area (Å²) in [5.41, 5.74) is 1.24. The molecule has 0 aliphatic heterocycles. The first-order chi connectivity index (χ1) is 10.3. The summed E-state index contributed by atoms with van der Waals surface area (Å²) in [6, 6.07) is 18.1. The third-order valence-corrected chi connectivity index (χ3v) is 3.42. The maximum Gasteiger partial charge on any atom is 0.127 e. The molecule has 0 radical (unpaired) electrons. The highest BCUT2D eigenvalue weighted by atomic mass is 16.5. The first kappa shape index (κ1) is 15.5. The van der Waals surface area contributed by atoms with Gasteiger partial charge in [-0.1, -0.05) is 37.3 Å². The highest BCUT2D eigenvalue weighted by Gasteiger charge is 1.99. The standard InChI is InChI=1S/C18H24N2O/c1-3-20(2)13-12-19-15-16-8-7-11-18(14-16)21-17-9-5-4-6-10-17/h4-11,14,19H,3,12-13,15H2,1-2H3. The summed E-state index contributed by atoms with van der Waals surface area (Å²) in [6.45, 7) is 6.18. The van der Waals surface area contributed by atoms with Crippen molar-refractivity contribution < 1.29 is 4.74 Å². The van der Waals surface area contributed by atoms with Crippen LogP contribution in [0.5, 0.6) is 11.5 Å². The molecule has 0 aliphatic carbocycles. The van der Waals surface area contributed by atoms with Crippen molar-refractivity contribution in [1.82, 2.24) is 10.2 Å². The molecule has 21 heavy (non-hydrogen) atoms. The number of ether oxygens (including phenoxy) is 1. The molecular weight excluding hydrogens is 260 g/mol. The number of hydrogen-bond donors (Lipinski definition) is 1. The average molecular weight is 284 g/mol. The second-order valence-corrected chi connectivity index (χ2v) is 5.14. The monoisotopic (exact) mass is 284 g/mol. The molecule has 0 aliphatic rings. The van der Waals surface area contributed by atoms with Crippen LogP contribution in [-0.4, -0.2) is 31.6 Å². The minimum atomic E-state index is 0.865. The van der Waals surface area contributed by atoms with Crippen molar-refractivity contribution in [3.05, 3.63) is 60.2 Å². The summed E-state index contributed by atoms with van der Waals surface area (Å²) in [6.07, 6.45) is 0. The van der Waals surface area contributed by atoms with Crippen LogP contribution in [0.3, 0.4) is 0 Å². The van der Waals surface area contributed by atoms with E-state index < -0.39 is 0 Å². The number of para-hydroxylation sites is 1. The fourth-order valence-electron chi connectivity index (χ4n) is 2.00. The van der Waals surface area contributed by atoms with E-state index in [1.165, 1.54) is 5.56 Å². The largest absolute Gasteiger partial charge is 0.457 e. The summed E-state index contributed by atoms with van der Waals surface area (Å²) in [5, 5.41) is 3.46. The molecule has 2 aromatic carbocycles. The molecule has 0 saturated heterocycles. The SMILES string of the molecule is CCN(C)CCNCc1cccc(Oc2ccccc2)c1. The summed E-state index contributed by atoms with van der Waals surface area (Å²) < 4.78 is 5.84. The zero-order valence-electron chi connectivity index (χ0n) is 12.9. The predicted octanol–water partition coefficient (Wildman–Crippen LogP) is 3.52. The van der Waals surface area contributed by atoms with Crippen LogP contribution < -0.4 is 10.1 Å². The lowest BCUT2D eigenvalue weighted by Crippen LogP contribution is -2.28. The molecule has 0 fully saturated rings. The second-order valence-electron chi connectivity index (χ2n) is 5.14. The highest BCUT2D eigenvalue weighted by Crippen LogP contribution is 2.21. The summed E-state index contributed by atoms with van der Waals surface area (Å²) >= 11 is 0. The Hall–Kier alpha value is -1.84. The minimum absolute atomic E-state index is 0.865. The number of benzene rings is 2. The van der Waals surface area contributed by atoms with Crippen molar-refractivity contribution in [3.8, 4) is 11.5 Å². The molecule has 2 aromatic rings. The van der Waals surface area contributed by atoms with E-state index in [9.17, 15) is 0 Å². The Morgan fingerprint density at radius 2 is 1.76 bits per heavy atom. The van der Waals surface area contributed by atoms with E-state index in [2.05, 4.69) is 36.3 Å². The van der Waals surface area contributed by atoms with E-state index in [0.717, 1.165) is 37.7 Å². The van der Waals surface area contributed by atoms with Crippen LogP contribution in [0, 0.1) is 0 Å². The maximum absolute atomic E-state index is 5.84. The van der Waals surface area contributed by atoms with Crippen molar-refractivity contribution >= 4 is 0 Å². The van der Waals surface area contributed by atoms with E-state index >= 15 is 0 Å². The molecule has 112 valence electrons. The van der Waals surface area contributed by atoms with Crippen LogP contribution in [0.4, 0.5) is 0 Å². The van der Waals surface area contributed by atoms with Crippen molar-refractivity contribution in [2.45, 2.75) is 13.5 Å². The molecule has 0 amide bonds. The quantitative estimate of drug-likeness (QED) is 0.751. The van der Waals surface area contributed by atoms with Gasteiger partial charge in [0.1, 0.15) is 11.5 Å². The molecule has 0 heterocycles. The second kappa shape index (κ2) is 8.45. The fraction of sp³-hybridized carbons (Fsp3) is 0.333. The molecule has 0 spiro atoms. The van der Waals surface area contributed by atoms with Crippen LogP contribution in [0.15, 0.2) is 54.6 Å². The van der Waals surface area contributed by atoms with Gasteiger partial charge < -0.3 is 15.0 Å². The normalized spacial score (nSPS) is 10.8. The van der Waals surface area contributed by atoms with Crippen LogP contribution in [0.25, 0.3) is 0 Å². The van der Waals surface area contributed by atoms with Gasteiger partial charge in [0.2, 0.25) is 0 Å². The molecule has 0 unspecified atom stereocenters. The number of hydrogen-bond acceptors (Lipinski definition) is 3. The molecule has 0 saturated carbocycles. The fourth-order valence-corrected chi connectivity index (χ4v) is 2.00. The average Bonchev–Trinajstić information content (AvgIpc) is 2.52. The smallest absolute Gasteiger partial charge is 0.127 e. The topological polar surface area (TPSA) is 24.5 Å². The van der Waals surface area contributed by atoms with Gasteiger partial charge in [-0.25, -0.2) is 0 Å². The Labute approximate surface area is 127 Å². The third kappa shape index (κ3) is 5.58. The molecule has 3 heteroatoms. The van der Waals surface area contributed by atoms with Crippen LogP contribution in [0.1, 0.15) is 12.5 Å². The Morgan fingerprint density at radius 1 is 1.00 bits per heavy atom. The predicted molar refractivity (Wildman–Crippen MR) is 87.8 cm³/mol. The Kier molecular flexibility index (Phi) is 6.25. The van der Waals surface area contributed by atoms with E-state index in [1.54, 1.807) is 0 Å². The maximum atomic E-state index is 5.84. The first-order valence-electron chi connectivity index (χ1n) is 7.49. The van der Waals surface area contributed by atoms with Crippen LogP contribution in [0.2, 0.25) is 0 Å².